The lowest BCUT2D eigenvalue weighted by Gasteiger charge is -2.38. The van der Waals surface area contributed by atoms with Crippen molar-refractivity contribution in [2.24, 2.45) is 4.99 Å². The molecule has 140 valence electrons. The summed E-state index contributed by atoms with van der Waals surface area (Å²) >= 11 is 5.82. The zero-order chi connectivity index (χ0) is 19.7. The van der Waals surface area contributed by atoms with Crippen molar-refractivity contribution in [2.75, 3.05) is 4.90 Å². The molecule has 27 heavy (non-hydrogen) atoms. The van der Waals surface area contributed by atoms with Crippen LogP contribution in [0.4, 0.5) is 16.0 Å². The first-order valence-electron chi connectivity index (χ1n) is 7.90. The van der Waals surface area contributed by atoms with Crippen molar-refractivity contribution in [1.82, 2.24) is 15.3 Å². The standard InChI is InChI=1S/C17H15ClFN5O3/c1-8-5-9(2)21-16(20-8)23-17-22-14(25)7-13(15(26)27)24(17)10-3-4-12(19)11(18)6-10/h3-6,13H,7H2,1-2H3,(H,26,27)(H,20,21,22,23,25)/p-1/t13-/m1/s1. The molecular formula is C17H14ClFN5O3-. The van der Waals surface area contributed by atoms with Crippen LogP contribution in [0.25, 0.3) is 0 Å². The molecule has 8 nitrogen and oxygen atoms in total. The second-order valence-electron chi connectivity index (χ2n) is 5.94. The van der Waals surface area contributed by atoms with Gasteiger partial charge in [0.1, 0.15) is 5.82 Å². The van der Waals surface area contributed by atoms with Crippen LogP contribution in [-0.2, 0) is 9.59 Å². The fourth-order valence-electron chi connectivity index (χ4n) is 2.71. The van der Waals surface area contributed by atoms with E-state index in [1.165, 1.54) is 17.0 Å². The number of amides is 1. The second kappa shape index (κ2) is 7.28. The van der Waals surface area contributed by atoms with Crippen LogP contribution in [0.1, 0.15) is 17.8 Å². The summed E-state index contributed by atoms with van der Waals surface area (Å²) < 4.78 is 13.5. The van der Waals surface area contributed by atoms with E-state index in [2.05, 4.69) is 20.3 Å². The van der Waals surface area contributed by atoms with E-state index in [0.717, 1.165) is 6.07 Å². The number of anilines is 1. The van der Waals surface area contributed by atoms with Gasteiger partial charge in [0.05, 0.1) is 23.5 Å². The Morgan fingerprint density at radius 1 is 1.33 bits per heavy atom. The van der Waals surface area contributed by atoms with E-state index in [4.69, 9.17) is 11.6 Å². The number of benzene rings is 1. The fraction of sp³-hybridized carbons (Fsp3) is 0.235. The van der Waals surface area contributed by atoms with Gasteiger partial charge in [-0.2, -0.15) is 4.99 Å². The highest BCUT2D eigenvalue weighted by Gasteiger charge is 2.33. The number of rotatable bonds is 3. The molecule has 0 spiro atoms. The molecule has 0 aliphatic carbocycles. The van der Waals surface area contributed by atoms with Gasteiger partial charge in [-0.1, -0.05) is 11.6 Å². The molecule has 3 rings (SSSR count). The normalized spacial score (nSPS) is 18.5. The second-order valence-corrected chi connectivity index (χ2v) is 6.35. The van der Waals surface area contributed by atoms with E-state index >= 15 is 0 Å². The molecule has 1 saturated heterocycles. The first-order valence-corrected chi connectivity index (χ1v) is 8.28. The number of nitrogens with one attached hydrogen (secondary N) is 1. The number of aliphatic carboxylic acids is 1. The lowest BCUT2D eigenvalue weighted by molar-refractivity contribution is -0.307. The molecule has 1 aliphatic rings. The molecule has 0 unspecified atom stereocenters. The fourth-order valence-corrected chi connectivity index (χ4v) is 2.88. The Balaban J connectivity index is 2.14. The van der Waals surface area contributed by atoms with Crippen LogP contribution in [0.5, 0.6) is 0 Å². The minimum Gasteiger partial charge on any atom is -0.548 e. The van der Waals surface area contributed by atoms with Crippen molar-refractivity contribution < 1.29 is 19.1 Å². The van der Waals surface area contributed by atoms with Gasteiger partial charge in [0.15, 0.2) is 0 Å². The molecule has 1 aromatic heterocycles. The summed E-state index contributed by atoms with van der Waals surface area (Å²) in [6, 6.07) is 4.04. The molecule has 0 bridgehead atoms. The van der Waals surface area contributed by atoms with E-state index in [0.29, 0.717) is 11.4 Å². The maximum absolute atomic E-state index is 13.5. The van der Waals surface area contributed by atoms with E-state index in [-0.39, 0.29) is 29.0 Å². The molecule has 0 saturated carbocycles. The van der Waals surface area contributed by atoms with Crippen LogP contribution in [-0.4, -0.2) is 33.8 Å². The van der Waals surface area contributed by atoms with Crippen molar-refractivity contribution >= 4 is 41.1 Å². The zero-order valence-electron chi connectivity index (χ0n) is 14.4. The molecule has 1 N–H and O–H groups in total. The van der Waals surface area contributed by atoms with Gasteiger partial charge >= 0.3 is 0 Å². The first kappa shape index (κ1) is 18.7. The van der Waals surface area contributed by atoms with Crippen molar-refractivity contribution in [2.45, 2.75) is 26.3 Å². The van der Waals surface area contributed by atoms with E-state index in [1.807, 2.05) is 0 Å². The van der Waals surface area contributed by atoms with Crippen LogP contribution in [0.2, 0.25) is 5.02 Å². The van der Waals surface area contributed by atoms with Crippen LogP contribution >= 0.6 is 11.6 Å². The maximum atomic E-state index is 13.5. The number of aryl methyl sites for hydroxylation is 2. The number of aliphatic imine (C=N–C) groups is 1. The predicted octanol–water partition coefficient (Wildman–Crippen LogP) is 1.02. The largest absolute Gasteiger partial charge is 0.548 e. The van der Waals surface area contributed by atoms with Gasteiger partial charge in [0, 0.05) is 17.1 Å². The minimum absolute atomic E-state index is 0.0417. The summed E-state index contributed by atoms with van der Waals surface area (Å²) in [6.45, 7) is 3.50. The van der Waals surface area contributed by atoms with Crippen molar-refractivity contribution in [3.05, 3.63) is 46.5 Å². The third-order valence-electron chi connectivity index (χ3n) is 3.80. The number of guanidine groups is 1. The lowest BCUT2D eigenvalue weighted by Crippen LogP contribution is -2.61. The molecule has 1 atom stereocenters. The van der Waals surface area contributed by atoms with E-state index < -0.39 is 23.7 Å². The molecular weight excluding hydrogens is 377 g/mol. The van der Waals surface area contributed by atoms with Gasteiger partial charge in [0.25, 0.3) is 5.95 Å². The lowest BCUT2D eigenvalue weighted by atomic mass is 10.1. The summed E-state index contributed by atoms with van der Waals surface area (Å²) in [5.74, 6) is -2.79. The highest BCUT2D eigenvalue weighted by molar-refractivity contribution is 6.31. The minimum atomic E-state index is -1.49. The monoisotopic (exact) mass is 390 g/mol. The van der Waals surface area contributed by atoms with Crippen molar-refractivity contribution in [3.63, 3.8) is 0 Å². The third-order valence-corrected chi connectivity index (χ3v) is 4.09. The highest BCUT2D eigenvalue weighted by atomic mass is 35.5. The number of carboxylic acid groups (broad SMARTS) is 1. The van der Waals surface area contributed by atoms with Gasteiger partial charge in [0.2, 0.25) is 11.9 Å². The zero-order valence-corrected chi connectivity index (χ0v) is 15.1. The Kier molecular flexibility index (Phi) is 5.04. The molecule has 10 heteroatoms. The Hall–Kier alpha value is -3.07. The number of hydrogen-bond acceptors (Lipinski definition) is 6. The quantitative estimate of drug-likeness (QED) is 0.837. The number of aromatic nitrogens is 2. The summed E-state index contributed by atoms with van der Waals surface area (Å²) in [6.07, 6.45) is -0.371. The number of hydrogen-bond donors (Lipinski definition) is 1. The third kappa shape index (κ3) is 4.03. The highest BCUT2D eigenvalue weighted by Crippen LogP contribution is 2.27. The molecule has 1 fully saturated rings. The summed E-state index contributed by atoms with van der Waals surface area (Å²) in [4.78, 5) is 37.3. The molecule has 2 heterocycles. The Morgan fingerprint density at radius 3 is 2.59 bits per heavy atom. The Labute approximate surface area is 158 Å². The van der Waals surface area contributed by atoms with Crippen LogP contribution < -0.4 is 15.3 Å². The van der Waals surface area contributed by atoms with E-state index in [9.17, 15) is 19.1 Å². The van der Waals surface area contributed by atoms with Gasteiger partial charge in [-0.25, -0.2) is 14.4 Å². The van der Waals surface area contributed by atoms with Gasteiger partial charge in [-0.3, -0.25) is 10.1 Å². The number of carbonyl (C=O) groups is 2. The average Bonchev–Trinajstić information content (AvgIpc) is 2.56. The molecule has 0 radical (unpaired) electrons. The van der Waals surface area contributed by atoms with Crippen LogP contribution in [0.3, 0.4) is 0 Å². The van der Waals surface area contributed by atoms with Crippen LogP contribution in [0.15, 0.2) is 29.3 Å². The predicted molar refractivity (Wildman–Crippen MR) is 94.0 cm³/mol. The summed E-state index contributed by atoms with van der Waals surface area (Å²) in [5, 5.41) is 13.9. The SMILES string of the molecule is Cc1cc(C)nc(/N=C2\NC(=O)C[C@H](C(=O)[O-])N2c2ccc(F)c(Cl)c2)n1. The smallest absolute Gasteiger partial charge is 0.253 e. The van der Waals surface area contributed by atoms with Crippen molar-refractivity contribution in [3.8, 4) is 0 Å². The average molecular weight is 391 g/mol. The molecule has 1 aromatic carbocycles. The molecule has 2 aromatic rings. The summed E-state index contributed by atoms with van der Waals surface area (Å²) in [5.41, 5.74) is 1.52. The number of carbonyl (C=O) groups excluding carboxylic acids is 2. The number of carboxylic acids is 1. The first-order chi connectivity index (χ1) is 12.7. The molecule has 1 amide bonds. The number of nitrogens with zero attached hydrogens (tertiary/aromatic N) is 4. The van der Waals surface area contributed by atoms with Gasteiger partial charge < -0.3 is 14.8 Å². The number of halogens is 2. The molecule has 1 aliphatic heterocycles. The van der Waals surface area contributed by atoms with Crippen LogP contribution in [0, 0.1) is 19.7 Å². The Bertz CT molecular complexity index is 945. The van der Waals surface area contributed by atoms with Gasteiger partial charge in [-0.05, 0) is 38.1 Å². The summed E-state index contributed by atoms with van der Waals surface area (Å²) in [7, 11) is 0. The van der Waals surface area contributed by atoms with Gasteiger partial charge in [-0.15, -0.1) is 0 Å². The van der Waals surface area contributed by atoms with Crippen molar-refractivity contribution in [1.29, 1.82) is 0 Å². The maximum Gasteiger partial charge on any atom is 0.253 e. The topological polar surface area (TPSA) is 111 Å². The van der Waals surface area contributed by atoms with E-state index in [1.54, 1.807) is 19.9 Å². The Morgan fingerprint density at radius 2 is 2.00 bits per heavy atom.